The van der Waals surface area contributed by atoms with Crippen LogP contribution in [0.5, 0.6) is 5.75 Å². The zero-order valence-corrected chi connectivity index (χ0v) is 28.3. The molecule has 1 amide bonds. The molecule has 1 aliphatic heterocycles. The molecule has 1 aromatic heterocycles. The van der Waals surface area contributed by atoms with E-state index in [1.165, 1.54) is 4.90 Å². The van der Waals surface area contributed by atoms with Crippen molar-refractivity contribution in [2.24, 2.45) is 0 Å². The molecule has 1 saturated heterocycles. The Hall–Kier alpha value is -3.70. The maximum Gasteiger partial charge on any atom is 0.407 e. The van der Waals surface area contributed by atoms with Crippen molar-refractivity contribution in [1.82, 2.24) is 14.5 Å². The van der Waals surface area contributed by atoms with Crippen molar-refractivity contribution in [2.45, 2.75) is 70.5 Å². The number of piperidine rings is 1. The van der Waals surface area contributed by atoms with E-state index in [1.54, 1.807) is 0 Å². The number of rotatable bonds is 16. The summed E-state index contributed by atoms with van der Waals surface area (Å²) in [5, 5.41) is 9.71. The summed E-state index contributed by atoms with van der Waals surface area (Å²) < 4.78 is 26.2. The van der Waals surface area contributed by atoms with Crippen LogP contribution in [0.25, 0.3) is 11.0 Å². The highest BCUT2D eigenvalue weighted by Gasteiger charge is 2.33. The molecule has 0 aliphatic carbocycles. The molecule has 1 N–H and O–H groups in total. The van der Waals surface area contributed by atoms with Crippen molar-refractivity contribution < 1.29 is 28.8 Å². The van der Waals surface area contributed by atoms with Crippen LogP contribution >= 0.6 is 0 Å². The zero-order chi connectivity index (χ0) is 32.4. The molecule has 0 spiro atoms. The molecule has 246 valence electrons. The lowest BCUT2D eigenvalue weighted by Gasteiger charge is -2.37. The first-order valence-electron chi connectivity index (χ1n) is 16.2. The fraction of sp³-hybridized carbons (Fsp3) is 0.444. The Kier molecular flexibility index (Phi) is 11.9. The Labute approximate surface area is 273 Å². The number of carboxylic acid groups (broad SMARTS) is 1. The van der Waals surface area contributed by atoms with E-state index in [4.69, 9.17) is 18.9 Å². The molecule has 5 rings (SSSR count). The minimum atomic E-state index is -1.15. The zero-order valence-electron chi connectivity index (χ0n) is 27.3. The molecule has 4 aromatic rings. The van der Waals surface area contributed by atoms with Gasteiger partial charge in [0.2, 0.25) is 0 Å². The van der Waals surface area contributed by atoms with Gasteiger partial charge in [0.15, 0.2) is 0 Å². The van der Waals surface area contributed by atoms with Crippen LogP contribution in [0.1, 0.15) is 35.4 Å². The van der Waals surface area contributed by atoms with E-state index >= 15 is 0 Å². The molecule has 2 atom stereocenters. The Bertz CT molecular complexity index is 1520. The number of fused-ring (bicyclic) bond motifs is 1. The van der Waals surface area contributed by atoms with Crippen LogP contribution < -0.4 is 4.74 Å². The highest BCUT2D eigenvalue weighted by Crippen LogP contribution is 2.32. The second kappa shape index (κ2) is 16.2. The monoisotopic (exact) mass is 645 g/mol. The molecule has 9 nitrogen and oxygen atoms in total. The number of hydrogen-bond acceptors (Lipinski definition) is 6. The summed E-state index contributed by atoms with van der Waals surface area (Å²) >= 11 is 0. The van der Waals surface area contributed by atoms with E-state index in [2.05, 4.69) is 55.0 Å². The predicted molar refractivity (Wildman–Crippen MR) is 182 cm³/mol. The normalized spacial score (nSPS) is 17.0. The van der Waals surface area contributed by atoms with E-state index < -0.39 is 14.2 Å². The average molecular weight is 646 g/mol. The Morgan fingerprint density at radius 1 is 0.935 bits per heavy atom. The third-order valence-corrected chi connectivity index (χ3v) is 10.0. The van der Waals surface area contributed by atoms with Crippen molar-refractivity contribution >= 4 is 25.2 Å². The van der Waals surface area contributed by atoms with Gasteiger partial charge in [-0.1, -0.05) is 68.2 Å². The van der Waals surface area contributed by atoms with Crippen LogP contribution in [-0.2, 0) is 34.2 Å². The highest BCUT2D eigenvalue weighted by molar-refractivity contribution is 6.76. The molecule has 3 aromatic carbocycles. The molecule has 1 aliphatic rings. The van der Waals surface area contributed by atoms with Gasteiger partial charge in [0.25, 0.3) is 0 Å². The van der Waals surface area contributed by atoms with Gasteiger partial charge < -0.3 is 33.5 Å². The number of ether oxygens (including phenoxy) is 4. The lowest BCUT2D eigenvalue weighted by atomic mass is 9.87. The van der Waals surface area contributed by atoms with Crippen LogP contribution in [0.2, 0.25) is 25.7 Å². The van der Waals surface area contributed by atoms with Gasteiger partial charge in [0, 0.05) is 33.6 Å². The van der Waals surface area contributed by atoms with E-state index in [1.807, 2.05) is 53.4 Å². The number of imidazole rings is 1. The van der Waals surface area contributed by atoms with Gasteiger partial charge in [-0.15, -0.1) is 0 Å². The Morgan fingerprint density at radius 3 is 2.50 bits per heavy atom. The Balaban J connectivity index is 1.15. The maximum atomic E-state index is 11.8. The minimum absolute atomic E-state index is 0.0741. The van der Waals surface area contributed by atoms with Gasteiger partial charge in [0.1, 0.15) is 12.5 Å². The summed E-state index contributed by atoms with van der Waals surface area (Å²) in [6, 6.07) is 25.5. The second-order valence-electron chi connectivity index (χ2n) is 13.2. The van der Waals surface area contributed by atoms with Gasteiger partial charge in [-0.2, -0.15) is 0 Å². The fourth-order valence-electron chi connectivity index (χ4n) is 5.61. The van der Waals surface area contributed by atoms with Gasteiger partial charge in [-0.05, 0) is 53.4 Å². The van der Waals surface area contributed by atoms with E-state index in [-0.39, 0.29) is 12.0 Å². The number of hydrogen-bond donors (Lipinski definition) is 1. The van der Waals surface area contributed by atoms with E-state index in [0.29, 0.717) is 52.7 Å². The topological polar surface area (TPSA) is 95.3 Å². The molecule has 1 fully saturated rings. The summed E-state index contributed by atoms with van der Waals surface area (Å²) in [5.41, 5.74) is 5.21. The van der Waals surface area contributed by atoms with Crippen molar-refractivity contribution in [2.75, 3.05) is 32.9 Å². The largest absolute Gasteiger partial charge is 0.494 e. The number of aromatic nitrogens is 2. The van der Waals surface area contributed by atoms with Crippen LogP contribution in [0, 0.1) is 0 Å². The number of carbonyl (C=O) groups is 1. The molecule has 0 bridgehead atoms. The molecule has 2 heterocycles. The van der Waals surface area contributed by atoms with Crippen LogP contribution in [0.3, 0.4) is 0 Å². The maximum absolute atomic E-state index is 11.8. The van der Waals surface area contributed by atoms with Gasteiger partial charge in [-0.3, -0.25) is 0 Å². The first-order chi connectivity index (χ1) is 22.2. The first-order valence-corrected chi connectivity index (χ1v) is 19.9. The van der Waals surface area contributed by atoms with Gasteiger partial charge in [0.05, 0.1) is 56.4 Å². The molecule has 46 heavy (non-hydrogen) atoms. The van der Waals surface area contributed by atoms with Gasteiger partial charge in [-0.25, -0.2) is 9.78 Å². The second-order valence-corrected chi connectivity index (χ2v) is 18.8. The summed E-state index contributed by atoms with van der Waals surface area (Å²) in [5.74, 6) is 0.881. The van der Waals surface area contributed by atoms with E-state index in [9.17, 15) is 9.90 Å². The SMILES string of the molecule is C[Si](C)(C)CCOCn1cnc2ccc(COC3CN(C(=O)O)CCC3c3ccc(OCCCOCc4ccccc4)cc3)cc21. The number of likely N-dealkylation sites (tertiary alicyclic amines) is 1. The van der Waals surface area contributed by atoms with Crippen LogP contribution in [0.4, 0.5) is 4.79 Å². The average Bonchev–Trinajstić information content (AvgIpc) is 3.46. The molecule has 0 radical (unpaired) electrons. The van der Waals surface area contributed by atoms with Crippen molar-refractivity contribution in [3.8, 4) is 5.75 Å². The fourth-order valence-corrected chi connectivity index (χ4v) is 6.36. The lowest BCUT2D eigenvalue weighted by molar-refractivity contribution is -0.0199. The van der Waals surface area contributed by atoms with Crippen molar-refractivity contribution in [3.05, 3.63) is 95.8 Å². The molecular formula is C36H47N3O6Si. The molecule has 2 unspecified atom stereocenters. The standard InChI is InChI=1S/C36H47N3O6Si/c1-46(2,3)21-20-43-27-39-26-37-33-15-10-29(22-34(33)39)25-45-35-23-38(36(40)41)17-16-32(35)30-11-13-31(14-12-30)44-19-7-18-42-24-28-8-5-4-6-9-28/h4-6,8-15,22,26,32,35H,7,16-21,23-25,27H2,1-3H3,(H,40,41). The summed E-state index contributed by atoms with van der Waals surface area (Å²) in [6.07, 6.45) is 2.12. The summed E-state index contributed by atoms with van der Waals surface area (Å²) in [4.78, 5) is 17.8. The summed E-state index contributed by atoms with van der Waals surface area (Å²) in [6.45, 7) is 11.2. The number of benzene rings is 3. The third-order valence-electron chi connectivity index (χ3n) is 8.33. The number of nitrogens with zero attached hydrogens (tertiary/aromatic N) is 3. The smallest absolute Gasteiger partial charge is 0.407 e. The minimum Gasteiger partial charge on any atom is -0.494 e. The molecule has 0 saturated carbocycles. The van der Waals surface area contributed by atoms with E-state index in [0.717, 1.165) is 52.5 Å². The quantitative estimate of drug-likeness (QED) is 0.100. The van der Waals surface area contributed by atoms with Gasteiger partial charge >= 0.3 is 6.09 Å². The summed E-state index contributed by atoms with van der Waals surface area (Å²) in [7, 11) is -1.15. The Morgan fingerprint density at radius 2 is 1.74 bits per heavy atom. The van der Waals surface area contributed by atoms with Crippen molar-refractivity contribution in [1.29, 1.82) is 0 Å². The lowest BCUT2D eigenvalue weighted by Crippen LogP contribution is -2.46. The number of amides is 1. The third kappa shape index (κ3) is 9.90. The van der Waals surface area contributed by atoms with Crippen molar-refractivity contribution in [3.63, 3.8) is 0 Å². The molecule has 10 heteroatoms. The van der Waals surface area contributed by atoms with Crippen LogP contribution in [0.15, 0.2) is 79.1 Å². The first kappa shape index (κ1) is 33.7. The predicted octanol–water partition coefficient (Wildman–Crippen LogP) is 7.39. The highest BCUT2D eigenvalue weighted by atomic mass is 28.3. The molecular weight excluding hydrogens is 598 g/mol. The van der Waals surface area contributed by atoms with Crippen LogP contribution in [-0.4, -0.2) is 72.7 Å².